The van der Waals surface area contributed by atoms with Crippen molar-refractivity contribution in [1.82, 2.24) is 0 Å². The van der Waals surface area contributed by atoms with Crippen molar-refractivity contribution < 1.29 is 27.9 Å². The van der Waals surface area contributed by atoms with Gasteiger partial charge in [-0.15, -0.1) is 12.1 Å². The summed E-state index contributed by atoms with van der Waals surface area (Å²) in [7, 11) is -3.52. The SMILES string of the molecule is CS(=O)(=O)[N-]C(c1ccccc1)C([NH-])c1ccccc1.Cc1cc(C)cc(C)c1.[Ru+2]. The van der Waals surface area contributed by atoms with E-state index in [1.54, 1.807) is 12.1 Å². The van der Waals surface area contributed by atoms with Crippen LogP contribution in [0.15, 0.2) is 78.9 Å². The summed E-state index contributed by atoms with van der Waals surface area (Å²) in [5.41, 5.74) is 13.9. The van der Waals surface area contributed by atoms with Crippen LogP contribution in [0.4, 0.5) is 0 Å². The van der Waals surface area contributed by atoms with Gasteiger partial charge in [0, 0.05) is 6.26 Å². The summed E-state index contributed by atoms with van der Waals surface area (Å²) in [6.45, 7) is 6.38. The van der Waals surface area contributed by atoms with Crippen LogP contribution in [0.3, 0.4) is 0 Å². The van der Waals surface area contributed by atoms with Crippen molar-refractivity contribution in [1.29, 1.82) is 0 Å². The zero-order valence-electron chi connectivity index (χ0n) is 17.7. The molecule has 0 aliphatic carbocycles. The number of hydrogen-bond acceptors (Lipinski definition) is 2. The first-order valence-corrected chi connectivity index (χ1v) is 11.3. The van der Waals surface area contributed by atoms with Crippen LogP contribution in [0.5, 0.6) is 0 Å². The topological polar surface area (TPSA) is 72.0 Å². The Hall–Kier alpha value is -1.85. The molecule has 160 valence electrons. The second kappa shape index (κ2) is 12.1. The number of nitrogens with zero attached hydrogens (tertiary/aromatic N) is 1. The molecule has 30 heavy (non-hydrogen) atoms. The molecule has 0 heterocycles. The molecule has 1 N–H and O–H groups in total. The summed E-state index contributed by atoms with van der Waals surface area (Å²) in [5.74, 6) is 0. The van der Waals surface area contributed by atoms with E-state index < -0.39 is 22.1 Å². The van der Waals surface area contributed by atoms with Gasteiger partial charge in [0.25, 0.3) is 0 Å². The molecule has 0 saturated heterocycles. The Labute approximate surface area is 193 Å². The van der Waals surface area contributed by atoms with Crippen molar-refractivity contribution in [2.45, 2.75) is 32.9 Å². The second-order valence-corrected chi connectivity index (χ2v) is 8.92. The summed E-state index contributed by atoms with van der Waals surface area (Å²) in [5, 5.41) is 0. The van der Waals surface area contributed by atoms with Crippen LogP contribution in [0, 0.1) is 20.8 Å². The third kappa shape index (κ3) is 8.89. The normalized spacial score (nSPS) is 12.7. The van der Waals surface area contributed by atoms with Gasteiger partial charge in [-0.1, -0.05) is 107 Å². The Kier molecular flexibility index (Phi) is 10.6. The maximum absolute atomic E-state index is 11.5. The molecule has 0 aliphatic rings. The molecule has 0 saturated carbocycles. The van der Waals surface area contributed by atoms with Gasteiger partial charge in [0.15, 0.2) is 0 Å². The Bertz CT molecular complexity index is 959. The van der Waals surface area contributed by atoms with Crippen molar-refractivity contribution >= 4 is 10.0 Å². The van der Waals surface area contributed by atoms with Crippen molar-refractivity contribution in [3.8, 4) is 0 Å². The standard InChI is InChI=1S/C15H16N2O2S.C9H12.Ru/c1-20(18,19)17-15(13-10-6-3-7-11-13)14(16)12-8-4-2-5-9-12;1-7-4-8(2)6-9(3)5-7;/h2-11,14-16H,1H3;4-6H,1-3H3;/q-2;;+2. The van der Waals surface area contributed by atoms with E-state index in [9.17, 15) is 8.42 Å². The Balaban J connectivity index is 0.000000379. The summed E-state index contributed by atoms with van der Waals surface area (Å²) in [6.07, 6.45) is 1.06. The van der Waals surface area contributed by atoms with E-state index in [2.05, 4.69) is 43.7 Å². The van der Waals surface area contributed by atoms with Crippen LogP contribution in [0.2, 0.25) is 0 Å². The first-order chi connectivity index (χ1) is 13.7. The average Bonchev–Trinajstić information content (AvgIpc) is 2.66. The molecule has 2 atom stereocenters. The minimum Gasteiger partial charge on any atom is -0.672 e. The first kappa shape index (κ1) is 26.2. The molecule has 0 radical (unpaired) electrons. The van der Waals surface area contributed by atoms with Crippen LogP contribution in [-0.4, -0.2) is 14.7 Å². The number of sulfonamides is 1. The number of rotatable bonds is 5. The Morgan fingerprint density at radius 2 is 1.10 bits per heavy atom. The van der Waals surface area contributed by atoms with E-state index in [0.29, 0.717) is 0 Å². The molecule has 2 unspecified atom stereocenters. The number of hydrogen-bond donors (Lipinski definition) is 0. The van der Waals surface area contributed by atoms with Crippen LogP contribution in [0.25, 0.3) is 10.5 Å². The number of aryl methyl sites for hydroxylation is 3. The number of nitrogens with one attached hydrogen (secondary N) is 1. The Morgan fingerprint density at radius 1 is 0.733 bits per heavy atom. The molecule has 6 heteroatoms. The molecule has 0 fully saturated rings. The van der Waals surface area contributed by atoms with Crippen LogP contribution >= 0.6 is 0 Å². The van der Waals surface area contributed by atoms with E-state index in [1.807, 2.05) is 48.5 Å². The summed E-state index contributed by atoms with van der Waals surface area (Å²) in [6, 6.07) is 23.3. The molecule has 3 rings (SSSR count). The van der Waals surface area contributed by atoms with Gasteiger partial charge in [-0.25, -0.2) is 8.42 Å². The quantitative estimate of drug-likeness (QED) is 0.370. The predicted octanol–water partition coefficient (Wildman–Crippen LogP) is 6.46. The monoisotopic (exact) mass is 510 g/mol. The molecule has 0 amide bonds. The van der Waals surface area contributed by atoms with Gasteiger partial charge in [-0.2, -0.15) is 0 Å². The fraction of sp³-hybridized carbons (Fsp3) is 0.250. The number of benzene rings is 3. The summed E-state index contributed by atoms with van der Waals surface area (Å²) >= 11 is 0. The fourth-order valence-electron chi connectivity index (χ4n) is 3.22. The molecule has 0 aliphatic heterocycles. The molecule has 4 nitrogen and oxygen atoms in total. The van der Waals surface area contributed by atoms with Crippen LogP contribution in [0.1, 0.15) is 39.9 Å². The van der Waals surface area contributed by atoms with Gasteiger partial charge in [-0.05, 0) is 20.8 Å². The van der Waals surface area contributed by atoms with Crippen molar-refractivity contribution in [2.75, 3.05) is 6.26 Å². The smallest absolute Gasteiger partial charge is 0.672 e. The first-order valence-electron chi connectivity index (χ1n) is 9.44. The molecule has 0 aromatic heterocycles. The van der Waals surface area contributed by atoms with E-state index >= 15 is 0 Å². The second-order valence-electron chi connectivity index (χ2n) is 7.25. The molecule has 0 spiro atoms. The van der Waals surface area contributed by atoms with E-state index in [4.69, 9.17) is 5.73 Å². The summed E-state index contributed by atoms with van der Waals surface area (Å²) in [4.78, 5) is 0. The van der Waals surface area contributed by atoms with Gasteiger partial charge in [0.1, 0.15) is 0 Å². The van der Waals surface area contributed by atoms with E-state index in [1.165, 1.54) is 16.7 Å². The maximum Gasteiger partial charge on any atom is 2.00 e. The zero-order valence-corrected chi connectivity index (χ0v) is 20.2. The minimum atomic E-state index is -3.52. The minimum absolute atomic E-state index is 0. The molecular weight excluding hydrogens is 481 g/mol. The molecular formula is C24H28N2O2RuS. The van der Waals surface area contributed by atoms with Crippen molar-refractivity contribution in [3.05, 3.63) is 117 Å². The summed E-state index contributed by atoms with van der Waals surface area (Å²) < 4.78 is 26.8. The van der Waals surface area contributed by atoms with Crippen molar-refractivity contribution in [3.63, 3.8) is 0 Å². The Morgan fingerprint density at radius 3 is 1.47 bits per heavy atom. The third-order valence-corrected chi connectivity index (χ3v) is 4.90. The predicted molar refractivity (Wildman–Crippen MR) is 122 cm³/mol. The van der Waals surface area contributed by atoms with Gasteiger partial charge in [0.05, 0.1) is 10.0 Å². The molecule has 3 aromatic rings. The maximum atomic E-state index is 11.5. The van der Waals surface area contributed by atoms with Gasteiger partial charge in [-0.3, -0.25) is 0 Å². The third-order valence-electron chi connectivity index (χ3n) is 4.29. The molecule has 0 bridgehead atoms. The average molecular weight is 510 g/mol. The molecule has 3 aromatic carbocycles. The van der Waals surface area contributed by atoms with Crippen LogP contribution < -0.4 is 0 Å². The zero-order chi connectivity index (χ0) is 21.4. The van der Waals surface area contributed by atoms with Gasteiger partial charge < -0.3 is 10.5 Å². The fourth-order valence-corrected chi connectivity index (χ4v) is 3.87. The largest absolute Gasteiger partial charge is 2.00 e. The van der Waals surface area contributed by atoms with E-state index in [-0.39, 0.29) is 19.5 Å². The van der Waals surface area contributed by atoms with Gasteiger partial charge >= 0.3 is 19.5 Å². The van der Waals surface area contributed by atoms with Crippen molar-refractivity contribution in [2.24, 2.45) is 0 Å². The van der Waals surface area contributed by atoms with E-state index in [0.717, 1.165) is 17.4 Å². The van der Waals surface area contributed by atoms with Crippen LogP contribution in [-0.2, 0) is 29.5 Å². The van der Waals surface area contributed by atoms with Gasteiger partial charge in [0.2, 0.25) is 0 Å².